The zero-order valence-electron chi connectivity index (χ0n) is 12.3. The normalized spacial score (nSPS) is 22.1. The predicted molar refractivity (Wildman–Crippen MR) is 85.0 cm³/mol. The van der Waals surface area contributed by atoms with Crippen LogP contribution in [0.3, 0.4) is 0 Å². The Bertz CT molecular complexity index is 779. The molecule has 1 amide bonds. The number of carbonyl (C=O) groups is 1. The molecule has 0 radical (unpaired) electrons. The highest BCUT2D eigenvalue weighted by Gasteiger charge is 2.34. The quantitative estimate of drug-likeness (QED) is 0.902. The second kappa shape index (κ2) is 5.25. The molecule has 0 spiro atoms. The number of carbonyl (C=O) groups excluding carboxylic acids is 1. The molecule has 0 bridgehead atoms. The minimum absolute atomic E-state index is 0.148. The number of hydrogen-bond donors (Lipinski definition) is 2. The zero-order valence-corrected chi connectivity index (χ0v) is 12.3. The largest absolute Gasteiger partial charge is 0.348 e. The molecule has 2 aromatic rings. The lowest BCUT2D eigenvalue weighted by Gasteiger charge is -2.16. The van der Waals surface area contributed by atoms with Crippen molar-refractivity contribution in [2.75, 3.05) is 13.1 Å². The highest BCUT2D eigenvalue weighted by molar-refractivity contribution is 6.06. The van der Waals surface area contributed by atoms with Crippen LogP contribution < -0.4 is 10.9 Å². The molecule has 1 aromatic heterocycles. The summed E-state index contributed by atoms with van der Waals surface area (Å²) in [7, 11) is 0. The summed E-state index contributed by atoms with van der Waals surface area (Å²) in [4.78, 5) is 29.6. The lowest BCUT2D eigenvalue weighted by molar-refractivity contribution is 0.0939. The molecule has 1 aliphatic carbocycles. The fraction of sp³-hybridized carbons (Fsp3) is 0.412. The summed E-state index contributed by atoms with van der Waals surface area (Å²) >= 11 is 0. The van der Waals surface area contributed by atoms with Crippen molar-refractivity contribution in [3.63, 3.8) is 0 Å². The molecule has 2 aliphatic rings. The average molecular weight is 297 g/mol. The maximum absolute atomic E-state index is 12.6. The number of H-pyrrole nitrogens is 1. The number of aromatic nitrogens is 1. The Labute approximate surface area is 128 Å². The number of nitrogens with zero attached hydrogens (tertiary/aromatic N) is 1. The van der Waals surface area contributed by atoms with E-state index in [1.807, 2.05) is 24.3 Å². The maximum atomic E-state index is 12.6. The molecular formula is C17H19N3O2. The van der Waals surface area contributed by atoms with Crippen LogP contribution in [-0.4, -0.2) is 41.0 Å². The van der Waals surface area contributed by atoms with Gasteiger partial charge in [-0.15, -0.1) is 0 Å². The van der Waals surface area contributed by atoms with Gasteiger partial charge in [0.25, 0.3) is 5.91 Å². The minimum Gasteiger partial charge on any atom is -0.348 e. The summed E-state index contributed by atoms with van der Waals surface area (Å²) in [5.41, 5.74) is 0.922. The summed E-state index contributed by atoms with van der Waals surface area (Å²) < 4.78 is 0. The van der Waals surface area contributed by atoms with Gasteiger partial charge in [0.2, 0.25) is 5.56 Å². The maximum Gasteiger partial charge on any atom is 0.252 e. The number of benzene rings is 1. The molecule has 5 heteroatoms. The Morgan fingerprint density at radius 1 is 1.23 bits per heavy atom. The first-order valence-corrected chi connectivity index (χ1v) is 7.88. The molecule has 22 heavy (non-hydrogen) atoms. The molecule has 2 N–H and O–H groups in total. The van der Waals surface area contributed by atoms with E-state index in [1.54, 1.807) is 0 Å². The number of pyridine rings is 1. The van der Waals surface area contributed by atoms with Crippen molar-refractivity contribution in [2.45, 2.75) is 31.3 Å². The monoisotopic (exact) mass is 297 g/mol. The molecule has 2 heterocycles. The van der Waals surface area contributed by atoms with Crippen LogP contribution in [-0.2, 0) is 0 Å². The van der Waals surface area contributed by atoms with Crippen LogP contribution in [0.1, 0.15) is 29.6 Å². The van der Waals surface area contributed by atoms with Gasteiger partial charge >= 0.3 is 0 Å². The summed E-state index contributed by atoms with van der Waals surface area (Å²) in [5.74, 6) is -0.148. The van der Waals surface area contributed by atoms with E-state index >= 15 is 0 Å². The second-order valence-electron chi connectivity index (χ2n) is 6.28. The van der Waals surface area contributed by atoms with Crippen molar-refractivity contribution in [3.05, 3.63) is 46.2 Å². The van der Waals surface area contributed by atoms with Gasteiger partial charge in [-0.25, -0.2) is 0 Å². The standard InChI is InChI=1S/C17H19N3O2/c21-16-9-14(13-3-1-2-4-15(13)19-16)17(22)18-11-7-8-20(10-11)12-5-6-12/h1-4,9,11-12H,5-8,10H2,(H,18,22)(H,19,21). The highest BCUT2D eigenvalue weighted by atomic mass is 16.2. The van der Waals surface area contributed by atoms with Crippen molar-refractivity contribution < 1.29 is 4.79 Å². The number of para-hydroxylation sites is 1. The van der Waals surface area contributed by atoms with Crippen molar-refractivity contribution >= 4 is 16.8 Å². The number of amides is 1. The topological polar surface area (TPSA) is 65.2 Å². The number of likely N-dealkylation sites (tertiary alicyclic amines) is 1. The number of fused-ring (bicyclic) bond motifs is 1. The van der Waals surface area contributed by atoms with E-state index in [2.05, 4.69) is 15.2 Å². The first-order chi connectivity index (χ1) is 10.7. The van der Waals surface area contributed by atoms with Crippen LogP contribution in [0.4, 0.5) is 0 Å². The first-order valence-electron chi connectivity index (χ1n) is 7.88. The van der Waals surface area contributed by atoms with E-state index in [0.717, 1.165) is 30.9 Å². The summed E-state index contributed by atoms with van der Waals surface area (Å²) in [6.45, 7) is 1.99. The highest BCUT2D eigenvalue weighted by Crippen LogP contribution is 2.29. The Morgan fingerprint density at radius 2 is 2.05 bits per heavy atom. The number of aromatic amines is 1. The molecule has 1 atom stereocenters. The zero-order chi connectivity index (χ0) is 15.1. The Kier molecular flexibility index (Phi) is 3.22. The molecule has 1 saturated heterocycles. The Morgan fingerprint density at radius 3 is 2.86 bits per heavy atom. The molecule has 1 aromatic carbocycles. The molecule has 2 fully saturated rings. The fourth-order valence-electron chi connectivity index (χ4n) is 3.33. The van der Waals surface area contributed by atoms with E-state index in [4.69, 9.17) is 0 Å². The van der Waals surface area contributed by atoms with Gasteiger partial charge in [-0.2, -0.15) is 0 Å². The van der Waals surface area contributed by atoms with Crippen molar-refractivity contribution in [3.8, 4) is 0 Å². The van der Waals surface area contributed by atoms with Gasteiger partial charge in [0, 0.05) is 42.1 Å². The average Bonchev–Trinajstić information content (AvgIpc) is 3.26. The summed E-state index contributed by atoms with van der Waals surface area (Å²) in [6.07, 6.45) is 3.57. The molecular weight excluding hydrogens is 278 g/mol. The lowest BCUT2D eigenvalue weighted by Crippen LogP contribution is -2.38. The third kappa shape index (κ3) is 2.52. The van der Waals surface area contributed by atoms with E-state index in [0.29, 0.717) is 11.1 Å². The van der Waals surface area contributed by atoms with Crippen molar-refractivity contribution in [1.82, 2.24) is 15.2 Å². The van der Waals surface area contributed by atoms with Crippen LogP contribution in [0.15, 0.2) is 35.1 Å². The number of rotatable bonds is 3. The molecule has 5 nitrogen and oxygen atoms in total. The molecule has 1 aliphatic heterocycles. The van der Waals surface area contributed by atoms with Gasteiger partial charge in [-0.3, -0.25) is 14.5 Å². The fourth-order valence-corrected chi connectivity index (χ4v) is 3.33. The number of nitrogens with one attached hydrogen (secondary N) is 2. The SMILES string of the molecule is O=C(NC1CCN(C2CC2)C1)c1cc(=O)[nH]c2ccccc12. The molecule has 4 rings (SSSR count). The van der Waals surface area contributed by atoms with Gasteiger partial charge in [-0.05, 0) is 25.3 Å². The molecule has 114 valence electrons. The first kappa shape index (κ1) is 13.5. The van der Waals surface area contributed by atoms with E-state index < -0.39 is 0 Å². The van der Waals surface area contributed by atoms with Crippen molar-refractivity contribution in [2.24, 2.45) is 0 Å². The van der Waals surface area contributed by atoms with Crippen molar-refractivity contribution in [1.29, 1.82) is 0 Å². The van der Waals surface area contributed by atoms with Crippen LogP contribution in [0.2, 0.25) is 0 Å². The van der Waals surface area contributed by atoms with Crippen LogP contribution >= 0.6 is 0 Å². The van der Waals surface area contributed by atoms with Gasteiger partial charge in [0.05, 0.1) is 5.56 Å². The molecule has 1 saturated carbocycles. The van der Waals surface area contributed by atoms with Gasteiger partial charge < -0.3 is 10.3 Å². The number of hydrogen-bond acceptors (Lipinski definition) is 3. The minimum atomic E-state index is -0.241. The van der Waals surface area contributed by atoms with Crippen LogP contribution in [0.5, 0.6) is 0 Å². The van der Waals surface area contributed by atoms with Crippen LogP contribution in [0, 0.1) is 0 Å². The van der Waals surface area contributed by atoms with E-state index in [-0.39, 0.29) is 17.5 Å². The van der Waals surface area contributed by atoms with Gasteiger partial charge in [0.1, 0.15) is 0 Å². The van der Waals surface area contributed by atoms with Gasteiger partial charge in [0.15, 0.2) is 0 Å². The third-order valence-electron chi connectivity index (χ3n) is 4.61. The Hall–Kier alpha value is -2.14. The Balaban J connectivity index is 1.56. The second-order valence-corrected chi connectivity index (χ2v) is 6.28. The third-order valence-corrected chi connectivity index (χ3v) is 4.61. The summed E-state index contributed by atoms with van der Waals surface area (Å²) in [5, 5.41) is 3.88. The molecule has 1 unspecified atom stereocenters. The predicted octanol–water partition coefficient (Wildman–Crippen LogP) is 1.49. The smallest absolute Gasteiger partial charge is 0.252 e. The lowest BCUT2D eigenvalue weighted by atomic mass is 10.1. The van der Waals surface area contributed by atoms with Gasteiger partial charge in [-0.1, -0.05) is 18.2 Å². The van der Waals surface area contributed by atoms with E-state index in [9.17, 15) is 9.59 Å². The van der Waals surface area contributed by atoms with Crippen LogP contribution in [0.25, 0.3) is 10.9 Å². The summed E-state index contributed by atoms with van der Waals surface area (Å²) in [6, 6.07) is 9.73. The van der Waals surface area contributed by atoms with E-state index in [1.165, 1.54) is 18.9 Å².